The predicted molar refractivity (Wildman–Crippen MR) is 80.7 cm³/mol. The predicted octanol–water partition coefficient (Wildman–Crippen LogP) is 3.93. The summed E-state index contributed by atoms with van der Waals surface area (Å²) in [6.07, 6.45) is 1.02. The number of aryl methyl sites for hydroxylation is 1. The molecule has 1 aromatic carbocycles. The van der Waals surface area contributed by atoms with Gasteiger partial charge in [-0.05, 0) is 44.5 Å². The van der Waals surface area contributed by atoms with Gasteiger partial charge in [-0.2, -0.15) is 0 Å². The van der Waals surface area contributed by atoms with Gasteiger partial charge in [0.25, 0.3) is 0 Å². The third-order valence-electron chi connectivity index (χ3n) is 2.82. The molecule has 0 bridgehead atoms. The second-order valence-electron chi connectivity index (χ2n) is 4.63. The standard InChI is InChI=1S/C15H20N2OS/c1-4-9-18-13-7-5-12(6-8-13)15-17-11(3)14(19-15)10(2)16/h5-8,10H,4,9,16H2,1-3H3. The van der Waals surface area contributed by atoms with Gasteiger partial charge in [0.15, 0.2) is 0 Å². The van der Waals surface area contributed by atoms with Crippen molar-refractivity contribution >= 4 is 11.3 Å². The number of hydrogen-bond donors (Lipinski definition) is 1. The molecule has 0 saturated heterocycles. The minimum absolute atomic E-state index is 0.0402. The van der Waals surface area contributed by atoms with Crippen LogP contribution in [0.1, 0.15) is 36.9 Å². The minimum Gasteiger partial charge on any atom is -0.494 e. The van der Waals surface area contributed by atoms with Crippen molar-refractivity contribution in [3.05, 3.63) is 34.8 Å². The highest BCUT2D eigenvalue weighted by Gasteiger charge is 2.12. The van der Waals surface area contributed by atoms with Crippen molar-refractivity contribution in [2.24, 2.45) is 5.73 Å². The Hall–Kier alpha value is -1.39. The largest absolute Gasteiger partial charge is 0.494 e. The average Bonchev–Trinajstić information content (AvgIpc) is 2.79. The third-order valence-corrected chi connectivity index (χ3v) is 4.23. The van der Waals surface area contributed by atoms with E-state index < -0.39 is 0 Å². The molecule has 2 rings (SSSR count). The Balaban J connectivity index is 2.20. The van der Waals surface area contributed by atoms with Crippen molar-refractivity contribution in [1.29, 1.82) is 0 Å². The van der Waals surface area contributed by atoms with E-state index >= 15 is 0 Å². The van der Waals surface area contributed by atoms with Crippen molar-refractivity contribution in [2.45, 2.75) is 33.2 Å². The van der Waals surface area contributed by atoms with Crippen LogP contribution in [0.25, 0.3) is 10.6 Å². The quantitative estimate of drug-likeness (QED) is 0.900. The van der Waals surface area contributed by atoms with Crippen molar-refractivity contribution in [3.63, 3.8) is 0 Å². The molecule has 4 heteroatoms. The fraction of sp³-hybridized carbons (Fsp3) is 0.400. The lowest BCUT2D eigenvalue weighted by Crippen LogP contribution is -2.03. The molecule has 0 aliphatic heterocycles. The highest BCUT2D eigenvalue weighted by atomic mass is 32.1. The van der Waals surface area contributed by atoms with Gasteiger partial charge in [0.2, 0.25) is 0 Å². The number of nitrogens with zero attached hydrogens (tertiary/aromatic N) is 1. The highest BCUT2D eigenvalue weighted by Crippen LogP contribution is 2.31. The monoisotopic (exact) mass is 276 g/mol. The van der Waals surface area contributed by atoms with Crippen molar-refractivity contribution in [1.82, 2.24) is 4.98 Å². The Morgan fingerprint density at radius 2 is 2.00 bits per heavy atom. The summed E-state index contributed by atoms with van der Waals surface area (Å²) >= 11 is 1.67. The Bertz CT molecular complexity index is 532. The van der Waals surface area contributed by atoms with Crippen LogP contribution in [0.3, 0.4) is 0 Å². The molecule has 1 atom stereocenters. The molecule has 3 nitrogen and oxygen atoms in total. The number of rotatable bonds is 5. The molecule has 1 heterocycles. The molecular formula is C15H20N2OS. The number of ether oxygens (including phenoxy) is 1. The van der Waals surface area contributed by atoms with Gasteiger partial charge in [-0.25, -0.2) is 4.98 Å². The first-order valence-electron chi connectivity index (χ1n) is 6.58. The maximum Gasteiger partial charge on any atom is 0.123 e. The van der Waals surface area contributed by atoms with Gasteiger partial charge in [-0.3, -0.25) is 0 Å². The number of benzene rings is 1. The first-order valence-corrected chi connectivity index (χ1v) is 7.39. The van der Waals surface area contributed by atoms with Crippen LogP contribution in [0.2, 0.25) is 0 Å². The summed E-state index contributed by atoms with van der Waals surface area (Å²) < 4.78 is 5.58. The lowest BCUT2D eigenvalue weighted by Gasteiger charge is -2.04. The molecule has 0 aliphatic carbocycles. The SMILES string of the molecule is CCCOc1ccc(-c2nc(C)c(C(C)N)s2)cc1. The van der Waals surface area contributed by atoms with E-state index in [4.69, 9.17) is 10.5 Å². The van der Waals surface area contributed by atoms with Crippen LogP contribution in [0.5, 0.6) is 5.75 Å². The zero-order chi connectivity index (χ0) is 13.8. The second kappa shape index (κ2) is 6.17. The van der Waals surface area contributed by atoms with Gasteiger partial charge in [0.1, 0.15) is 10.8 Å². The van der Waals surface area contributed by atoms with E-state index in [1.807, 2.05) is 38.1 Å². The molecule has 19 heavy (non-hydrogen) atoms. The van der Waals surface area contributed by atoms with E-state index in [2.05, 4.69) is 11.9 Å². The molecule has 1 unspecified atom stereocenters. The van der Waals surface area contributed by atoms with Gasteiger partial charge < -0.3 is 10.5 Å². The van der Waals surface area contributed by atoms with Crippen LogP contribution < -0.4 is 10.5 Å². The van der Waals surface area contributed by atoms with Gasteiger partial charge in [0.05, 0.1) is 12.3 Å². The number of nitrogens with two attached hydrogens (primary N) is 1. The first kappa shape index (κ1) is 14.0. The Morgan fingerprint density at radius 1 is 1.32 bits per heavy atom. The lowest BCUT2D eigenvalue weighted by molar-refractivity contribution is 0.317. The van der Waals surface area contributed by atoms with E-state index in [1.54, 1.807) is 11.3 Å². The molecule has 0 radical (unpaired) electrons. The summed E-state index contributed by atoms with van der Waals surface area (Å²) in [5.74, 6) is 0.909. The fourth-order valence-electron chi connectivity index (χ4n) is 1.87. The summed E-state index contributed by atoms with van der Waals surface area (Å²) in [7, 11) is 0. The minimum atomic E-state index is 0.0402. The molecule has 0 spiro atoms. The van der Waals surface area contributed by atoms with Crippen LogP contribution in [0.4, 0.5) is 0 Å². The van der Waals surface area contributed by atoms with Crippen LogP contribution >= 0.6 is 11.3 Å². The molecule has 2 aromatic rings. The maximum atomic E-state index is 5.94. The summed E-state index contributed by atoms with van der Waals surface area (Å²) in [6, 6.07) is 8.13. The van der Waals surface area contributed by atoms with Gasteiger partial charge in [-0.15, -0.1) is 11.3 Å². The Kier molecular flexibility index (Phi) is 4.56. The van der Waals surface area contributed by atoms with E-state index in [1.165, 1.54) is 0 Å². The topological polar surface area (TPSA) is 48.1 Å². The van der Waals surface area contributed by atoms with E-state index in [9.17, 15) is 0 Å². The van der Waals surface area contributed by atoms with Gasteiger partial charge in [0, 0.05) is 16.5 Å². The first-order chi connectivity index (χ1) is 9.11. The molecule has 0 aliphatic rings. The summed E-state index contributed by atoms with van der Waals surface area (Å²) in [6.45, 7) is 6.86. The summed E-state index contributed by atoms with van der Waals surface area (Å²) in [5, 5.41) is 1.02. The molecule has 0 amide bonds. The maximum absolute atomic E-state index is 5.94. The molecule has 2 N–H and O–H groups in total. The van der Waals surface area contributed by atoms with Gasteiger partial charge >= 0.3 is 0 Å². The zero-order valence-electron chi connectivity index (χ0n) is 11.6. The summed E-state index contributed by atoms with van der Waals surface area (Å²) in [5.41, 5.74) is 8.08. The zero-order valence-corrected chi connectivity index (χ0v) is 12.5. The smallest absolute Gasteiger partial charge is 0.123 e. The number of thiazole rings is 1. The van der Waals surface area contributed by atoms with Gasteiger partial charge in [-0.1, -0.05) is 6.92 Å². The average molecular weight is 276 g/mol. The van der Waals surface area contributed by atoms with Crippen LogP contribution in [0.15, 0.2) is 24.3 Å². The highest BCUT2D eigenvalue weighted by molar-refractivity contribution is 7.15. The second-order valence-corrected chi connectivity index (χ2v) is 5.66. The fourth-order valence-corrected chi connectivity index (χ4v) is 2.89. The number of hydrogen-bond acceptors (Lipinski definition) is 4. The van der Waals surface area contributed by atoms with E-state index in [0.717, 1.165) is 39.9 Å². The Labute approximate surface area is 118 Å². The van der Waals surface area contributed by atoms with Crippen LogP contribution in [0, 0.1) is 6.92 Å². The molecule has 0 fully saturated rings. The van der Waals surface area contributed by atoms with Crippen molar-refractivity contribution in [2.75, 3.05) is 6.61 Å². The van der Waals surface area contributed by atoms with Crippen LogP contribution in [-0.4, -0.2) is 11.6 Å². The van der Waals surface area contributed by atoms with Crippen molar-refractivity contribution < 1.29 is 4.74 Å². The van der Waals surface area contributed by atoms with E-state index in [0.29, 0.717) is 0 Å². The normalized spacial score (nSPS) is 12.4. The third kappa shape index (κ3) is 3.33. The molecule has 0 saturated carbocycles. The van der Waals surface area contributed by atoms with Crippen LogP contribution in [-0.2, 0) is 0 Å². The molecule has 1 aromatic heterocycles. The lowest BCUT2D eigenvalue weighted by atomic mass is 10.2. The summed E-state index contributed by atoms with van der Waals surface area (Å²) in [4.78, 5) is 5.75. The molecule has 102 valence electrons. The van der Waals surface area contributed by atoms with E-state index in [-0.39, 0.29) is 6.04 Å². The number of aromatic nitrogens is 1. The Morgan fingerprint density at radius 3 is 2.53 bits per heavy atom. The molecular weight excluding hydrogens is 256 g/mol. The van der Waals surface area contributed by atoms with Crippen molar-refractivity contribution in [3.8, 4) is 16.3 Å².